The van der Waals surface area contributed by atoms with Crippen LogP contribution in [-0.4, -0.2) is 107 Å². The van der Waals surface area contributed by atoms with E-state index in [1.165, 1.54) is 13.3 Å². The molecule has 0 heterocycles. The number of rotatable bonds is 12. The fraction of sp³-hybridized carbons (Fsp3) is 0.733. The summed E-state index contributed by atoms with van der Waals surface area (Å²) in [6, 6.07) is -2.06. The lowest BCUT2D eigenvalue weighted by Crippen LogP contribution is -2.30. The van der Waals surface area contributed by atoms with Crippen LogP contribution < -0.4 is 11.5 Å². The zero-order valence-electron chi connectivity index (χ0n) is 22.9. The van der Waals surface area contributed by atoms with E-state index in [9.17, 15) is 32.9 Å². The molecule has 8 atom stereocenters. The lowest BCUT2D eigenvalue weighted by molar-refractivity contribution is -0.148. The second-order valence-electron chi connectivity index (χ2n) is 7.37. The van der Waals surface area contributed by atoms with Crippen molar-refractivity contribution in [1.29, 1.82) is 2.56 Å². The van der Waals surface area contributed by atoms with Gasteiger partial charge in [-0.05, 0) is 21.8 Å². The average molecular weight is 691 g/mol. The van der Waals surface area contributed by atoms with Crippen LogP contribution in [0.1, 0.15) is 19.3 Å². The van der Waals surface area contributed by atoms with E-state index >= 15 is 0 Å². The summed E-state index contributed by atoms with van der Waals surface area (Å²) in [4.78, 5) is 66.7. The number of hydrogen-bond acceptors (Lipinski definition) is 10. The molecule has 0 aliphatic carbocycles. The predicted molar refractivity (Wildman–Crippen MR) is 156 cm³/mol. The maximum atomic E-state index is 10.6. The van der Waals surface area contributed by atoms with Crippen LogP contribution in [0.2, 0.25) is 0 Å². The highest BCUT2D eigenvalue weighted by Crippen LogP contribution is 2.36. The first-order valence-electron chi connectivity index (χ1n) is 10.7. The second-order valence-corrected chi connectivity index (χ2v) is 15.9. The van der Waals surface area contributed by atoms with Gasteiger partial charge in [-0.1, -0.05) is 0 Å². The molecule has 0 aromatic carbocycles. The number of hydrogen-bond donors (Lipinski definition) is 8. The molecule has 0 aromatic rings. The minimum absolute atomic E-state index is 0.0412. The number of carbonyl (C=O) groups excluding carboxylic acids is 1. The number of carboxylic acid groups (broad SMARTS) is 3. The van der Waals surface area contributed by atoms with Gasteiger partial charge in [0, 0.05) is 44.9 Å². The third kappa shape index (κ3) is 49.0. The largest absolute Gasteiger partial charge is 0.480 e. The second kappa shape index (κ2) is 25.9. The Morgan fingerprint density at radius 3 is 1.26 bits per heavy atom. The topological polar surface area (TPSA) is 310 Å². The monoisotopic (exact) mass is 691 g/mol. The number of aliphatic carboxylic acids is 3. The third-order valence-electron chi connectivity index (χ3n) is 3.34. The van der Waals surface area contributed by atoms with E-state index in [1.807, 2.05) is 8.93 Å². The summed E-state index contributed by atoms with van der Waals surface area (Å²) in [7, 11) is -6.52. The van der Waals surface area contributed by atoms with E-state index in [1.54, 1.807) is 0 Å². The van der Waals surface area contributed by atoms with Gasteiger partial charge in [0.2, 0.25) is 5.78 Å². The number of ketones is 1. The molecule has 0 radical (unpaired) electrons. The number of carbonyl (C=O) groups is 4. The zero-order valence-corrected chi connectivity index (χ0v) is 27.7. The molecule has 0 aromatic heterocycles. The summed E-state index contributed by atoms with van der Waals surface area (Å²) >= 11 is 0. The number of nitrogens with two attached hydrogens (primary N) is 2. The maximum absolute atomic E-state index is 10.6. The minimum Gasteiger partial charge on any atom is -0.480 e. The van der Waals surface area contributed by atoms with Crippen LogP contribution in [0, 0.1) is 0 Å². The van der Waals surface area contributed by atoms with Gasteiger partial charge in [0.15, 0.2) is 30.3 Å². The molecule has 0 saturated carbocycles. The van der Waals surface area contributed by atoms with E-state index in [0.717, 1.165) is 6.66 Å². The van der Waals surface area contributed by atoms with E-state index in [-0.39, 0.29) is 45.9 Å². The lowest BCUT2D eigenvalue weighted by atomic mass is 10.2. The summed E-state index contributed by atoms with van der Waals surface area (Å²) in [6.07, 6.45) is -0.641. The number of carboxylic acids is 3. The molecule has 0 aliphatic heterocycles. The van der Waals surface area contributed by atoms with Crippen LogP contribution in [0.25, 0.3) is 0 Å². The molecule has 0 saturated heterocycles. The predicted octanol–water partition coefficient (Wildman–Crippen LogP) is 1.03. The normalized spacial score (nSPS) is 17.6. The Hall–Kier alpha value is -0.0400. The van der Waals surface area contributed by atoms with Gasteiger partial charge in [0.25, 0.3) is 0 Å². The van der Waals surface area contributed by atoms with Crippen LogP contribution >= 0.6 is 56.9 Å². The first-order valence-corrected chi connectivity index (χ1v) is 21.2. The quantitative estimate of drug-likeness (QED) is 0.105. The van der Waals surface area contributed by atoms with Crippen molar-refractivity contribution < 1.29 is 67.4 Å². The molecule has 0 rings (SSSR count). The Morgan fingerprint density at radius 2 is 1.11 bits per heavy atom. The fourth-order valence-corrected chi connectivity index (χ4v) is 3.55. The standard InChI is InChI=1S/2C5H12NO4P.C5H9O5P.H2OP2.H4P2/c3*1-11(9,10)3-2-4(6)5(7)8;1-3-2;1-2/h2*4H,2-3,6H2,1H3,(H,7,8)(H,9,10);2-3H2,1H3,(H,7,8)(H,9,10);2H2;1-2H2/t2*4-;;;/m10.../s1/i;;;;1TD. The Balaban J connectivity index is -0.000000137. The van der Waals surface area contributed by atoms with Crippen LogP contribution in [-0.2, 0) is 37.4 Å². The van der Waals surface area contributed by atoms with Crippen molar-refractivity contribution in [1.82, 2.24) is 0 Å². The minimum atomic E-state index is -3.24. The van der Waals surface area contributed by atoms with Crippen molar-refractivity contribution in [2.75, 3.05) is 38.5 Å². The van der Waals surface area contributed by atoms with Crippen molar-refractivity contribution in [3.8, 4) is 0 Å². The van der Waals surface area contributed by atoms with Crippen molar-refractivity contribution in [3.63, 3.8) is 0 Å². The van der Waals surface area contributed by atoms with Crippen LogP contribution in [0.15, 0.2) is 0 Å². The molecule has 0 aliphatic rings. The van der Waals surface area contributed by atoms with Crippen molar-refractivity contribution in [2.24, 2.45) is 11.5 Å². The highest BCUT2D eigenvalue weighted by molar-refractivity contribution is 7.96. The van der Waals surface area contributed by atoms with E-state index < -0.39 is 66.7 Å². The van der Waals surface area contributed by atoms with Gasteiger partial charge in [-0.3, -0.25) is 32.6 Å². The zero-order chi connectivity index (χ0) is 33.5. The molecule has 0 fully saturated rings. The van der Waals surface area contributed by atoms with E-state index in [4.69, 9.17) is 48.6 Å². The molecule has 228 valence electrons. The Bertz CT molecular complexity index is 865. The van der Waals surface area contributed by atoms with Gasteiger partial charge in [0.1, 0.15) is 12.1 Å². The molecule has 38 heavy (non-hydrogen) atoms. The highest BCUT2D eigenvalue weighted by atomic mass is 32.0. The summed E-state index contributed by atoms with van der Waals surface area (Å²) < 4.78 is 53.3. The SMILES string of the molecule is CP(=O)(O)CCC(=O)C(=O)O.CP(=O)(O)CC[C@@H](N)C(=O)O.CP(=O)(O)CC[C@H](N)C(=O)O.O=PP.[2H]P([3H])P. The highest BCUT2D eigenvalue weighted by Gasteiger charge is 2.18. The Morgan fingerprint density at radius 1 is 0.868 bits per heavy atom. The van der Waals surface area contributed by atoms with Gasteiger partial charge in [-0.15, -0.1) is 17.7 Å². The molecule has 10 N–H and O–H groups in total. The summed E-state index contributed by atoms with van der Waals surface area (Å²) in [5.41, 5.74) is 10.2. The van der Waals surface area contributed by atoms with Crippen molar-refractivity contribution >= 4 is 80.6 Å². The molecule has 0 bridgehead atoms. The summed E-state index contributed by atoms with van der Waals surface area (Å²) in [6.45, 7) is 3.45. The fourth-order valence-electron chi connectivity index (χ4n) is 1.42. The lowest BCUT2D eigenvalue weighted by Gasteiger charge is -2.07. The molecule has 0 spiro atoms. The molecule has 23 heteroatoms. The third-order valence-corrected chi connectivity index (χ3v) is 6.57. The van der Waals surface area contributed by atoms with Crippen LogP contribution in [0.5, 0.6) is 0 Å². The molecule has 16 nitrogen and oxygen atoms in total. The molecule has 6 unspecified atom stereocenters. The summed E-state index contributed by atoms with van der Waals surface area (Å²) in [5.74, 6) is -4.86. The van der Waals surface area contributed by atoms with Crippen molar-refractivity contribution in [3.05, 3.63) is 0 Å². The number of Topliss-reactive ketones (excluding diaryl/α,β-unsaturated/α-hetero) is 1. The van der Waals surface area contributed by atoms with Crippen molar-refractivity contribution in [2.45, 2.75) is 31.3 Å². The smallest absolute Gasteiger partial charge is 0.372 e. The summed E-state index contributed by atoms with van der Waals surface area (Å²) in [5, 5.41) is 24.6. The maximum Gasteiger partial charge on any atom is 0.372 e. The van der Waals surface area contributed by atoms with Gasteiger partial charge in [-0.25, -0.2) is 4.79 Å². The Labute approximate surface area is 232 Å². The van der Waals surface area contributed by atoms with Gasteiger partial charge >= 0.3 is 17.9 Å². The van der Waals surface area contributed by atoms with Gasteiger partial charge in [-0.2, -0.15) is 0 Å². The Kier molecular flexibility index (Phi) is 28.9. The van der Waals surface area contributed by atoms with Gasteiger partial charge in [0.05, 0.1) is 2.56 Å². The van der Waals surface area contributed by atoms with Crippen LogP contribution in [0.3, 0.4) is 0 Å². The first-order chi connectivity index (χ1) is 17.6. The van der Waals surface area contributed by atoms with Gasteiger partial charge < -0.3 is 41.5 Å². The van der Waals surface area contributed by atoms with E-state index in [2.05, 4.69) is 8.93 Å². The molecule has 0 amide bonds. The van der Waals surface area contributed by atoms with E-state index in [0.29, 0.717) is 0 Å². The molecular formula is C15H39N2O14P7. The van der Waals surface area contributed by atoms with Crippen LogP contribution in [0.4, 0.5) is 0 Å². The molecular weight excluding hydrogens is 649 g/mol. The first kappa shape index (κ1) is 42.4. The average Bonchev–Trinajstić information content (AvgIpc) is 2.73.